The van der Waals surface area contributed by atoms with Crippen LogP contribution in [-0.4, -0.2) is 64.4 Å². The molecule has 2 aromatic heterocycles. The van der Waals surface area contributed by atoms with Crippen LogP contribution in [0.1, 0.15) is 19.3 Å². The van der Waals surface area contributed by atoms with Gasteiger partial charge in [0.1, 0.15) is 0 Å². The summed E-state index contributed by atoms with van der Waals surface area (Å²) in [6.07, 6.45) is 9.06. The maximum Gasteiger partial charge on any atom is 0.247 e. The predicted molar refractivity (Wildman–Crippen MR) is 92.3 cm³/mol. The van der Waals surface area contributed by atoms with E-state index in [1.165, 1.54) is 19.3 Å². The molecule has 2 fully saturated rings. The molecule has 0 bridgehead atoms. The van der Waals surface area contributed by atoms with Crippen molar-refractivity contribution in [2.24, 2.45) is 0 Å². The van der Waals surface area contributed by atoms with Crippen LogP contribution < -0.4 is 14.7 Å². The topological polar surface area (TPSA) is 74.2 Å². The van der Waals surface area contributed by atoms with Crippen LogP contribution in [0.25, 0.3) is 0 Å². The minimum Gasteiger partial charge on any atom is -0.352 e. The lowest BCUT2D eigenvalue weighted by molar-refractivity contribution is 0.563. The Kier molecular flexibility index (Phi) is 4.35. The summed E-state index contributed by atoms with van der Waals surface area (Å²) in [4.78, 5) is 20.1. The molecule has 4 rings (SSSR count). The molecule has 8 heteroatoms. The van der Waals surface area contributed by atoms with Gasteiger partial charge in [-0.05, 0) is 25.3 Å². The second kappa shape index (κ2) is 6.94. The summed E-state index contributed by atoms with van der Waals surface area (Å²) >= 11 is 0. The van der Waals surface area contributed by atoms with Crippen molar-refractivity contribution in [3.05, 3.63) is 24.7 Å². The number of aromatic nitrogens is 5. The van der Waals surface area contributed by atoms with Crippen LogP contribution in [0.5, 0.6) is 0 Å². The standard InChI is InChI=1S/C16H22N8/c1-2-7-23(8-3-1)16-20-14(13-19-21-16)22-9-11-24(12-10-22)15-17-5-4-6-18-15/h4-6,13H,1-3,7-12H2. The first kappa shape index (κ1) is 15.0. The molecule has 0 unspecified atom stereocenters. The zero-order chi connectivity index (χ0) is 16.2. The number of hydrogen-bond donors (Lipinski definition) is 0. The third-order valence-corrected chi connectivity index (χ3v) is 4.61. The van der Waals surface area contributed by atoms with Crippen LogP contribution in [0, 0.1) is 0 Å². The van der Waals surface area contributed by atoms with Crippen LogP contribution in [0.3, 0.4) is 0 Å². The Morgan fingerprint density at radius 3 is 2.12 bits per heavy atom. The van der Waals surface area contributed by atoms with Gasteiger partial charge in [-0.25, -0.2) is 9.97 Å². The summed E-state index contributed by atoms with van der Waals surface area (Å²) in [7, 11) is 0. The van der Waals surface area contributed by atoms with Crippen LogP contribution >= 0.6 is 0 Å². The minimum absolute atomic E-state index is 0.765. The van der Waals surface area contributed by atoms with Crippen molar-refractivity contribution in [2.75, 3.05) is 54.0 Å². The second-order valence-electron chi connectivity index (χ2n) is 6.19. The first-order valence-corrected chi connectivity index (χ1v) is 8.62. The van der Waals surface area contributed by atoms with E-state index in [9.17, 15) is 0 Å². The maximum absolute atomic E-state index is 4.75. The van der Waals surface area contributed by atoms with Crippen molar-refractivity contribution in [3.8, 4) is 0 Å². The highest BCUT2D eigenvalue weighted by Gasteiger charge is 2.21. The number of anilines is 3. The van der Waals surface area contributed by atoms with Gasteiger partial charge in [-0.2, -0.15) is 10.1 Å². The third kappa shape index (κ3) is 3.22. The lowest BCUT2D eigenvalue weighted by atomic mass is 10.1. The molecule has 0 aliphatic carbocycles. The summed E-state index contributed by atoms with van der Waals surface area (Å²) in [5, 5.41) is 8.41. The Morgan fingerprint density at radius 1 is 0.708 bits per heavy atom. The Bertz CT molecular complexity index is 650. The molecule has 2 saturated heterocycles. The van der Waals surface area contributed by atoms with Crippen molar-refractivity contribution < 1.29 is 0 Å². The van der Waals surface area contributed by atoms with Gasteiger partial charge in [-0.1, -0.05) is 0 Å². The zero-order valence-corrected chi connectivity index (χ0v) is 13.8. The van der Waals surface area contributed by atoms with Gasteiger partial charge in [0, 0.05) is 51.7 Å². The molecule has 0 N–H and O–H groups in total. The van der Waals surface area contributed by atoms with E-state index in [0.717, 1.165) is 57.0 Å². The molecule has 4 heterocycles. The van der Waals surface area contributed by atoms with Crippen molar-refractivity contribution >= 4 is 17.7 Å². The molecule has 0 amide bonds. The lowest BCUT2D eigenvalue weighted by Crippen LogP contribution is -2.47. The molecule has 0 aromatic carbocycles. The molecule has 2 aliphatic rings. The molecule has 0 atom stereocenters. The van der Waals surface area contributed by atoms with Gasteiger partial charge in [0.2, 0.25) is 11.9 Å². The fraction of sp³-hybridized carbons (Fsp3) is 0.562. The first-order chi connectivity index (χ1) is 11.9. The molecule has 0 radical (unpaired) electrons. The normalized spacial score (nSPS) is 18.8. The van der Waals surface area contributed by atoms with E-state index < -0.39 is 0 Å². The van der Waals surface area contributed by atoms with E-state index in [-0.39, 0.29) is 0 Å². The fourth-order valence-electron chi connectivity index (χ4n) is 3.26. The quantitative estimate of drug-likeness (QED) is 0.826. The van der Waals surface area contributed by atoms with Crippen LogP contribution in [0.2, 0.25) is 0 Å². The average Bonchev–Trinajstić information content (AvgIpc) is 2.70. The van der Waals surface area contributed by atoms with Gasteiger partial charge in [0.05, 0.1) is 6.20 Å². The monoisotopic (exact) mass is 326 g/mol. The largest absolute Gasteiger partial charge is 0.352 e. The molecule has 2 aliphatic heterocycles. The SMILES string of the molecule is c1cnc(N2CCN(c3cnnc(N4CCCCC4)n3)CC2)nc1. The van der Waals surface area contributed by atoms with E-state index in [4.69, 9.17) is 4.98 Å². The number of hydrogen-bond acceptors (Lipinski definition) is 8. The van der Waals surface area contributed by atoms with E-state index >= 15 is 0 Å². The molecule has 126 valence electrons. The zero-order valence-electron chi connectivity index (χ0n) is 13.8. The second-order valence-corrected chi connectivity index (χ2v) is 6.19. The van der Waals surface area contributed by atoms with Gasteiger partial charge < -0.3 is 14.7 Å². The van der Waals surface area contributed by atoms with E-state index in [1.807, 2.05) is 6.07 Å². The smallest absolute Gasteiger partial charge is 0.247 e. The maximum atomic E-state index is 4.75. The number of piperidine rings is 1. The van der Waals surface area contributed by atoms with Crippen molar-refractivity contribution in [3.63, 3.8) is 0 Å². The minimum atomic E-state index is 0.765. The summed E-state index contributed by atoms with van der Waals surface area (Å²) in [5.41, 5.74) is 0. The Labute approximate surface area is 141 Å². The van der Waals surface area contributed by atoms with Crippen molar-refractivity contribution in [2.45, 2.75) is 19.3 Å². The molecule has 8 nitrogen and oxygen atoms in total. The molecule has 2 aromatic rings. The van der Waals surface area contributed by atoms with Crippen LogP contribution in [0.15, 0.2) is 24.7 Å². The molecule has 24 heavy (non-hydrogen) atoms. The fourth-order valence-corrected chi connectivity index (χ4v) is 3.26. The lowest BCUT2D eigenvalue weighted by Gasteiger charge is -2.35. The van der Waals surface area contributed by atoms with E-state index in [1.54, 1.807) is 18.6 Å². The molecular weight excluding hydrogens is 304 g/mol. The summed E-state index contributed by atoms with van der Waals surface area (Å²) in [5.74, 6) is 2.48. The average molecular weight is 326 g/mol. The van der Waals surface area contributed by atoms with Crippen LogP contribution in [-0.2, 0) is 0 Å². The van der Waals surface area contributed by atoms with Gasteiger partial charge in [-0.3, -0.25) is 0 Å². The summed E-state index contributed by atoms with van der Waals surface area (Å²) in [6, 6.07) is 1.84. The summed E-state index contributed by atoms with van der Waals surface area (Å²) in [6.45, 7) is 5.60. The predicted octanol–water partition coefficient (Wildman–Crippen LogP) is 0.978. The van der Waals surface area contributed by atoms with Gasteiger partial charge in [0.25, 0.3) is 0 Å². The van der Waals surface area contributed by atoms with Gasteiger partial charge in [-0.15, -0.1) is 5.10 Å². The Morgan fingerprint density at radius 2 is 1.38 bits per heavy atom. The van der Waals surface area contributed by atoms with Crippen molar-refractivity contribution in [1.29, 1.82) is 0 Å². The number of piperazine rings is 1. The molecular formula is C16H22N8. The van der Waals surface area contributed by atoms with E-state index in [0.29, 0.717) is 0 Å². The van der Waals surface area contributed by atoms with Gasteiger partial charge in [0.15, 0.2) is 5.82 Å². The highest BCUT2D eigenvalue weighted by atomic mass is 15.4. The Balaban J connectivity index is 1.42. The first-order valence-electron chi connectivity index (χ1n) is 8.62. The van der Waals surface area contributed by atoms with Crippen molar-refractivity contribution in [1.82, 2.24) is 25.1 Å². The number of nitrogens with zero attached hydrogens (tertiary/aromatic N) is 8. The van der Waals surface area contributed by atoms with Crippen LogP contribution in [0.4, 0.5) is 17.7 Å². The molecule has 0 saturated carbocycles. The summed E-state index contributed by atoms with van der Waals surface area (Å²) < 4.78 is 0. The molecule has 0 spiro atoms. The Hall–Kier alpha value is -2.51. The van der Waals surface area contributed by atoms with Gasteiger partial charge >= 0.3 is 0 Å². The van der Waals surface area contributed by atoms with E-state index in [2.05, 4.69) is 34.9 Å². The third-order valence-electron chi connectivity index (χ3n) is 4.61. The highest BCUT2D eigenvalue weighted by Crippen LogP contribution is 2.19. The highest BCUT2D eigenvalue weighted by molar-refractivity contribution is 5.44. The number of rotatable bonds is 3.